The number of aromatic amines is 1. The number of aromatic nitrogens is 2. The molecule has 0 amide bonds. The molecule has 3 aromatic carbocycles. The number of benzene rings is 3. The van der Waals surface area contributed by atoms with E-state index in [1.54, 1.807) is 7.11 Å². The lowest BCUT2D eigenvalue weighted by Crippen LogP contribution is -2.01. The number of carbonyl (C=O) groups excluding carboxylic acids is 1. The second-order valence-corrected chi connectivity index (χ2v) is 7.17. The van der Waals surface area contributed by atoms with E-state index in [1.165, 1.54) is 11.8 Å². The second-order valence-electron chi connectivity index (χ2n) is 6.14. The maximum Gasteiger partial charge on any atom is 0.199 e. The van der Waals surface area contributed by atoms with E-state index in [0.717, 1.165) is 22.3 Å². The fourth-order valence-corrected chi connectivity index (χ4v) is 3.73. The molecule has 0 aliphatic carbocycles. The van der Waals surface area contributed by atoms with Crippen LogP contribution >= 0.6 is 11.8 Å². The van der Waals surface area contributed by atoms with Gasteiger partial charge in [-0.3, -0.25) is 4.79 Å². The van der Waals surface area contributed by atoms with Gasteiger partial charge < -0.3 is 9.72 Å². The second kappa shape index (κ2) is 8.15. The van der Waals surface area contributed by atoms with E-state index in [1.807, 2.05) is 84.9 Å². The van der Waals surface area contributed by atoms with Crippen LogP contribution in [0.2, 0.25) is 0 Å². The Morgan fingerprint density at radius 2 is 1.68 bits per heavy atom. The number of allylic oxidation sites excluding steroid dienone is 1. The topological polar surface area (TPSA) is 55.0 Å². The molecule has 1 N–H and O–H groups in total. The SMILES string of the molecule is COc1ccc(/C=C(\Sc2nc3ccccc3[nH]2)C(=O)c2ccccc2)cc1. The van der Waals surface area contributed by atoms with E-state index in [9.17, 15) is 4.79 Å². The van der Waals surface area contributed by atoms with Crippen LogP contribution in [0.4, 0.5) is 0 Å². The minimum atomic E-state index is -0.0399. The summed E-state index contributed by atoms with van der Waals surface area (Å²) in [6.07, 6.45) is 1.88. The molecule has 0 saturated heterocycles. The molecule has 0 saturated carbocycles. The van der Waals surface area contributed by atoms with Gasteiger partial charge in [0.25, 0.3) is 0 Å². The molecule has 0 aliphatic heterocycles. The van der Waals surface area contributed by atoms with Crippen LogP contribution in [0.3, 0.4) is 0 Å². The Bertz CT molecular complexity index is 1100. The van der Waals surface area contributed by atoms with Gasteiger partial charge in [0.2, 0.25) is 0 Å². The van der Waals surface area contributed by atoms with Crippen molar-refractivity contribution in [2.45, 2.75) is 5.16 Å². The summed E-state index contributed by atoms with van der Waals surface area (Å²) in [6, 6.07) is 24.7. The van der Waals surface area contributed by atoms with Crippen molar-refractivity contribution in [3.05, 3.63) is 94.9 Å². The molecule has 0 unspecified atom stereocenters. The van der Waals surface area contributed by atoms with Gasteiger partial charge in [-0.1, -0.05) is 54.6 Å². The van der Waals surface area contributed by atoms with Crippen LogP contribution < -0.4 is 4.74 Å². The van der Waals surface area contributed by atoms with Gasteiger partial charge in [0.1, 0.15) is 5.75 Å². The number of nitrogens with one attached hydrogen (secondary N) is 1. The van der Waals surface area contributed by atoms with Crippen molar-refractivity contribution in [2.24, 2.45) is 0 Å². The number of nitrogens with zero attached hydrogens (tertiary/aromatic N) is 1. The minimum Gasteiger partial charge on any atom is -0.497 e. The number of hydrogen-bond acceptors (Lipinski definition) is 4. The first-order chi connectivity index (χ1) is 13.7. The minimum absolute atomic E-state index is 0.0399. The number of Topliss-reactive ketones (excluding diaryl/α,β-unsaturated/α-hetero) is 1. The van der Waals surface area contributed by atoms with Gasteiger partial charge in [0.15, 0.2) is 10.9 Å². The molecule has 0 bridgehead atoms. The van der Waals surface area contributed by atoms with Crippen LogP contribution in [0, 0.1) is 0 Å². The normalized spacial score (nSPS) is 11.5. The summed E-state index contributed by atoms with van der Waals surface area (Å²) in [5, 5.41) is 0.685. The monoisotopic (exact) mass is 386 g/mol. The lowest BCUT2D eigenvalue weighted by Gasteiger charge is -2.06. The van der Waals surface area contributed by atoms with E-state index < -0.39 is 0 Å². The molecule has 1 heterocycles. The van der Waals surface area contributed by atoms with E-state index in [-0.39, 0.29) is 5.78 Å². The maximum atomic E-state index is 13.1. The Morgan fingerprint density at radius 3 is 2.39 bits per heavy atom. The molecule has 0 aliphatic rings. The molecule has 4 nitrogen and oxygen atoms in total. The van der Waals surface area contributed by atoms with Gasteiger partial charge >= 0.3 is 0 Å². The number of fused-ring (bicyclic) bond motifs is 1. The number of rotatable bonds is 6. The third-order valence-electron chi connectivity index (χ3n) is 4.25. The molecule has 0 spiro atoms. The molecule has 0 fully saturated rings. The summed E-state index contributed by atoms with van der Waals surface area (Å²) in [6.45, 7) is 0. The number of ketones is 1. The highest BCUT2D eigenvalue weighted by molar-refractivity contribution is 8.04. The van der Waals surface area contributed by atoms with E-state index in [2.05, 4.69) is 9.97 Å². The average molecular weight is 386 g/mol. The van der Waals surface area contributed by atoms with E-state index in [4.69, 9.17) is 4.74 Å². The first-order valence-corrected chi connectivity index (χ1v) is 9.63. The smallest absolute Gasteiger partial charge is 0.199 e. The van der Waals surface area contributed by atoms with Crippen LogP contribution in [0.5, 0.6) is 5.75 Å². The Balaban J connectivity index is 1.71. The zero-order valence-electron chi connectivity index (χ0n) is 15.3. The van der Waals surface area contributed by atoms with Crippen molar-refractivity contribution in [1.82, 2.24) is 9.97 Å². The summed E-state index contributed by atoms with van der Waals surface area (Å²) in [4.78, 5) is 21.6. The van der Waals surface area contributed by atoms with Crippen LogP contribution in [-0.2, 0) is 0 Å². The highest BCUT2D eigenvalue weighted by atomic mass is 32.2. The molecule has 4 rings (SSSR count). The Labute approximate surface area is 167 Å². The summed E-state index contributed by atoms with van der Waals surface area (Å²) in [5.74, 6) is 0.736. The quantitative estimate of drug-likeness (QED) is 0.267. The fourth-order valence-electron chi connectivity index (χ4n) is 2.81. The number of H-pyrrole nitrogens is 1. The first kappa shape index (κ1) is 18.1. The number of para-hydroxylation sites is 2. The molecular weight excluding hydrogens is 368 g/mol. The fraction of sp³-hybridized carbons (Fsp3) is 0.0435. The Kier molecular flexibility index (Phi) is 5.26. The van der Waals surface area contributed by atoms with Gasteiger partial charge in [0, 0.05) is 5.56 Å². The van der Waals surface area contributed by atoms with Crippen LogP contribution in [-0.4, -0.2) is 22.9 Å². The largest absolute Gasteiger partial charge is 0.497 e. The summed E-state index contributed by atoms with van der Waals surface area (Å²) in [7, 11) is 1.63. The molecule has 4 aromatic rings. The Morgan fingerprint density at radius 1 is 0.964 bits per heavy atom. The molecule has 138 valence electrons. The number of ether oxygens (including phenoxy) is 1. The van der Waals surface area contributed by atoms with Gasteiger partial charge in [-0.05, 0) is 47.7 Å². The first-order valence-electron chi connectivity index (χ1n) is 8.81. The maximum absolute atomic E-state index is 13.1. The van der Waals surface area contributed by atoms with Crippen LogP contribution in [0.25, 0.3) is 17.1 Å². The van der Waals surface area contributed by atoms with Crippen molar-refractivity contribution in [3.63, 3.8) is 0 Å². The van der Waals surface area contributed by atoms with Crippen LogP contribution in [0.15, 0.2) is 88.9 Å². The number of carbonyl (C=O) groups is 1. The number of methoxy groups -OCH3 is 1. The van der Waals surface area contributed by atoms with Gasteiger partial charge in [0.05, 0.1) is 23.0 Å². The number of hydrogen-bond donors (Lipinski definition) is 1. The van der Waals surface area contributed by atoms with Crippen molar-refractivity contribution >= 4 is 34.7 Å². The van der Waals surface area contributed by atoms with E-state index in [0.29, 0.717) is 15.6 Å². The van der Waals surface area contributed by atoms with Crippen molar-refractivity contribution < 1.29 is 9.53 Å². The van der Waals surface area contributed by atoms with Crippen LogP contribution in [0.1, 0.15) is 15.9 Å². The van der Waals surface area contributed by atoms with Crippen molar-refractivity contribution in [1.29, 1.82) is 0 Å². The predicted octanol–water partition coefficient (Wildman–Crippen LogP) is 5.59. The van der Waals surface area contributed by atoms with Crippen molar-refractivity contribution in [2.75, 3.05) is 7.11 Å². The third kappa shape index (κ3) is 4.00. The van der Waals surface area contributed by atoms with Crippen molar-refractivity contribution in [3.8, 4) is 5.75 Å². The number of thioether (sulfide) groups is 1. The molecular formula is C23H18N2O2S. The standard InChI is InChI=1S/C23H18N2O2S/c1-27-18-13-11-16(12-14-18)15-21(22(26)17-7-3-2-4-8-17)28-23-24-19-9-5-6-10-20(19)25-23/h2-15H,1H3,(H,24,25)/b21-15-. The lowest BCUT2D eigenvalue weighted by molar-refractivity contribution is 0.104. The zero-order chi connectivity index (χ0) is 19.3. The predicted molar refractivity (Wildman–Crippen MR) is 114 cm³/mol. The molecule has 28 heavy (non-hydrogen) atoms. The molecule has 5 heteroatoms. The van der Waals surface area contributed by atoms with Gasteiger partial charge in [-0.25, -0.2) is 4.98 Å². The molecule has 0 atom stereocenters. The molecule has 0 radical (unpaired) electrons. The summed E-state index contributed by atoms with van der Waals surface area (Å²) in [5.41, 5.74) is 3.39. The highest BCUT2D eigenvalue weighted by Gasteiger charge is 2.16. The molecule has 1 aromatic heterocycles. The highest BCUT2D eigenvalue weighted by Crippen LogP contribution is 2.31. The average Bonchev–Trinajstić information content (AvgIpc) is 3.16. The van der Waals surface area contributed by atoms with Gasteiger partial charge in [-0.2, -0.15) is 0 Å². The van der Waals surface area contributed by atoms with E-state index >= 15 is 0 Å². The van der Waals surface area contributed by atoms with Gasteiger partial charge in [-0.15, -0.1) is 0 Å². The number of imidazole rings is 1. The Hall–Kier alpha value is -3.31. The zero-order valence-corrected chi connectivity index (χ0v) is 16.1. The summed E-state index contributed by atoms with van der Waals surface area (Å²) >= 11 is 1.34. The summed E-state index contributed by atoms with van der Waals surface area (Å²) < 4.78 is 5.21. The third-order valence-corrected chi connectivity index (χ3v) is 5.16. The lowest BCUT2D eigenvalue weighted by atomic mass is 10.1.